The summed E-state index contributed by atoms with van der Waals surface area (Å²) in [5.74, 6) is -1.58. The average Bonchev–Trinajstić information content (AvgIpc) is 2.59. The molecule has 0 aliphatic rings. The average molecular weight is 262 g/mol. The molecule has 0 amide bonds. The van der Waals surface area contributed by atoms with Crippen LogP contribution in [0.3, 0.4) is 0 Å². The summed E-state index contributed by atoms with van der Waals surface area (Å²) >= 11 is 0. The zero-order chi connectivity index (χ0) is 13.4. The summed E-state index contributed by atoms with van der Waals surface area (Å²) in [7, 11) is 0.733. The van der Waals surface area contributed by atoms with Crippen molar-refractivity contribution in [2.24, 2.45) is 0 Å². The Morgan fingerprint density at radius 2 is 1.71 bits per heavy atom. The van der Waals surface area contributed by atoms with Crippen molar-refractivity contribution in [3.05, 3.63) is 17.0 Å². The number of halogens is 6. The Labute approximate surface area is 89.6 Å². The first-order chi connectivity index (χ1) is 7.59. The van der Waals surface area contributed by atoms with Crippen LogP contribution in [-0.4, -0.2) is 23.3 Å². The SMILES string of the molecule is COC(=O)c1[nH]nc(C(F)(F)F)c1C(F)(F)F. The predicted molar refractivity (Wildman–Crippen MR) is 39.9 cm³/mol. The van der Waals surface area contributed by atoms with E-state index in [4.69, 9.17) is 0 Å². The summed E-state index contributed by atoms with van der Waals surface area (Å²) in [6.45, 7) is 0. The molecule has 0 aliphatic heterocycles. The van der Waals surface area contributed by atoms with E-state index in [-0.39, 0.29) is 0 Å². The molecule has 96 valence electrons. The van der Waals surface area contributed by atoms with Gasteiger partial charge in [0, 0.05) is 0 Å². The maximum Gasteiger partial charge on any atom is 0.435 e. The Kier molecular flexibility index (Phi) is 3.08. The van der Waals surface area contributed by atoms with Gasteiger partial charge in [-0.05, 0) is 0 Å². The minimum absolute atomic E-state index is 0.733. The summed E-state index contributed by atoms with van der Waals surface area (Å²) in [5.41, 5.74) is -5.77. The third-order valence-electron chi connectivity index (χ3n) is 1.71. The van der Waals surface area contributed by atoms with E-state index in [0.717, 1.165) is 7.11 Å². The molecule has 0 unspecified atom stereocenters. The summed E-state index contributed by atoms with van der Waals surface area (Å²) in [6.07, 6.45) is -10.7. The number of hydrogen-bond donors (Lipinski definition) is 1. The summed E-state index contributed by atoms with van der Waals surface area (Å²) < 4.78 is 77.8. The molecular formula is C7H4F6N2O2. The number of alkyl halides is 6. The Morgan fingerprint density at radius 1 is 1.18 bits per heavy atom. The molecular weight excluding hydrogens is 258 g/mol. The number of hydrogen-bond acceptors (Lipinski definition) is 3. The molecule has 0 aromatic carbocycles. The van der Waals surface area contributed by atoms with Gasteiger partial charge in [-0.25, -0.2) is 4.79 Å². The number of H-pyrrole nitrogens is 1. The van der Waals surface area contributed by atoms with Crippen LogP contribution >= 0.6 is 0 Å². The second-order valence-corrected chi connectivity index (χ2v) is 2.81. The third-order valence-corrected chi connectivity index (χ3v) is 1.71. The number of ether oxygens (including phenoxy) is 1. The maximum atomic E-state index is 12.4. The smallest absolute Gasteiger partial charge is 0.435 e. The molecule has 1 N–H and O–H groups in total. The van der Waals surface area contributed by atoms with Gasteiger partial charge in [0.2, 0.25) is 0 Å². The van der Waals surface area contributed by atoms with E-state index in [1.807, 2.05) is 0 Å². The lowest BCUT2D eigenvalue weighted by molar-refractivity contribution is -0.164. The van der Waals surface area contributed by atoms with E-state index in [0.29, 0.717) is 0 Å². The fraction of sp³-hybridized carbons (Fsp3) is 0.429. The summed E-state index contributed by atoms with van der Waals surface area (Å²) in [4.78, 5) is 10.9. The van der Waals surface area contributed by atoms with Crippen molar-refractivity contribution in [2.75, 3.05) is 7.11 Å². The Bertz CT molecular complexity index is 433. The minimum atomic E-state index is -5.37. The minimum Gasteiger partial charge on any atom is -0.464 e. The molecule has 0 aliphatic carbocycles. The van der Waals surface area contributed by atoms with Gasteiger partial charge in [-0.3, -0.25) is 5.10 Å². The molecule has 17 heavy (non-hydrogen) atoms. The van der Waals surface area contributed by atoms with Gasteiger partial charge >= 0.3 is 18.3 Å². The number of carbonyl (C=O) groups is 1. The van der Waals surface area contributed by atoms with Crippen LogP contribution in [0.25, 0.3) is 0 Å². The van der Waals surface area contributed by atoms with Crippen molar-refractivity contribution in [2.45, 2.75) is 12.4 Å². The topological polar surface area (TPSA) is 55.0 Å². The molecule has 1 rings (SSSR count). The molecule has 0 bridgehead atoms. The number of esters is 1. The fourth-order valence-electron chi connectivity index (χ4n) is 1.07. The standard InChI is InChI=1S/C7H4F6N2O2/c1-17-5(16)3-2(6(8,9)10)4(15-14-3)7(11,12)13/h1H3,(H,14,15). The van der Waals surface area contributed by atoms with Gasteiger partial charge in [0.25, 0.3) is 0 Å². The molecule has 0 atom stereocenters. The molecule has 4 nitrogen and oxygen atoms in total. The first-order valence-electron chi connectivity index (χ1n) is 3.90. The van der Waals surface area contributed by atoms with Gasteiger partial charge < -0.3 is 4.74 Å². The predicted octanol–water partition coefficient (Wildman–Crippen LogP) is 2.23. The van der Waals surface area contributed by atoms with E-state index < -0.39 is 35.3 Å². The number of aromatic nitrogens is 2. The number of nitrogens with one attached hydrogen (secondary N) is 1. The lowest BCUT2D eigenvalue weighted by atomic mass is 10.1. The molecule has 1 heterocycles. The summed E-state index contributed by atoms with van der Waals surface area (Å²) in [5, 5.41) is 3.83. The van der Waals surface area contributed by atoms with Gasteiger partial charge in [-0.15, -0.1) is 0 Å². The fourth-order valence-corrected chi connectivity index (χ4v) is 1.07. The van der Waals surface area contributed by atoms with E-state index in [1.165, 1.54) is 5.10 Å². The molecule has 10 heteroatoms. The monoisotopic (exact) mass is 262 g/mol. The number of rotatable bonds is 1. The lowest BCUT2D eigenvalue weighted by Crippen LogP contribution is -2.18. The first-order valence-corrected chi connectivity index (χ1v) is 3.90. The highest BCUT2D eigenvalue weighted by Crippen LogP contribution is 2.40. The van der Waals surface area contributed by atoms with E-state index in [1.54, 1.807) is 0 Å². The second-order valence-electron chi connectivity index (χ2n) is 2.81. The molecule has 0 spiro atoms. The molecule has 1 aromatic heterocycles. The van der Waals surface area contributed by atoms with Gasteiger partial charge in [-0.2, -0.15) is 31.4 Å². The number of carbonyl (C=O) groups excluding carboxylic acids is 1. The van der Waals surface area contributed by atoms with Gasteiger partial charge in [0.05, 0.1) is 7.11 Å². The highest BCUT2D eigenvalue weighted by atomic mass is 19.4. The molecule has 0 fully saturated rings. The molecule has 0 radical (unpaired) electrons. The van der Waals surface area contributed by atoms with Crippen LogP contribution in [-0.2, 0) is 17.1 Å². The zero-order valence-electron chi connectivity index (χ0n) is 8.03. The van der Waals surface area contributed by atoms with Gasteiger partial charge in [-0.1, -0.05) is 0 Å². The van der Waals surface area contributed by atoms with Crippen LogP contribution in [0, 0.1) is 0 Å². The maximum absolute atomic E-state index is 12.4. The Hall–Kier alpha value is -1.74. The van der Waals surface area contributed by atoms with Crippen LogP contribution in [0.5, 0.6) is 0 Å². The molecule has 0 saturated heterocycles. The molecule has 1 aromatic rings. The Balaban J connectivity index is 3.47. The zero-order valence-corrected chi connectivity index (χ0v) is 8.03. The number of methoxy groups -OCH3 is 1. The van der Waals surface area contributed by atoms with E-state index >= 15 is 0 Å². The van der Waals surface area contributed by atoms with Gasteiger partial charge in [0.15, 0.2) is 11.4 Å². The Morgan fingerprint density at radius 3 is 2.06 bits per heavy atom. The van der Waals surface area contributed by atoms with Crippen molar-refractivity contribution >= 4 is 5.97 Å². The number of aromatic amines is 1. The highest BCUT2D eigenvalue weighted by Gasteiger charge is 2.49. The largest absolute Gasteiger partial charge is 0.464 e. The van der Waals surface area contributed by atoms with Crippen LogP contribution in [0.1, 0.15) is 21.7 Å². The second kappa shape index (κ2) is 3.93. The first kappa shape index (κ1) is 13.3. The molecule has 0 saturated carbocycles. The lowest BCUT2D eigenvalue weighted by Gasteiger charge is -2.10. The van der Waals surface area contributed by atoms with Crippen LogP contribution < -0.4 is 0 Å². The normalized spacial score (nSPS) is 12.6. The number of nitrogens with zero attached hydrogens (tertiary/aromatic N) is 1. The van der Waals surface area contributed by atoms with Crippen molar-refractivity contribution in [1.29, 1.82) is 0 Å². The third kappa shape index (κ3) is 2.50. The summed E-state index contributed by atoms with van der Waals surface area (Å²) in [6, 6.07) is 0. The van der Waals surface area contributed by atoms with Crippen molar-refractivity contribution < 1.29 is 35.9 Å². The van der Waals surface area contributed by atoms with E-state index in [9.17, 15) is 31.1 Å². The van der Waals surface area contributed by atoms with E-state index in [2.05, 4.69) is 9.84 Å². The van der Waals surface area contributed by atoms with Crippen molar-refractivity contribution in [1.82, 2.24) is 10.2 Å². The van der Waals surface area contributed by atoms with Crippen molar-refractivity contribution in [3.63, 3.8) is 0 Å². The van der Waals surface area contributed by atoms with Crippen molar-refractivity contribution in [3.8, 4) is 0 Å². The quantitative estimate of drug-likeness (QED) is 0.623. The van der Waals surface area contributed by atoms with Gasteiger partial charge in [0.1, 0.15) is 5.56 Å². The van der Waals surface area contributed by atoms with Crippen LogP contribution in [0.4, 0.5) is 26.3 Å². The highest BCUT2D eigenvalue weighted by molar-refractivity contribution is 5.89. The van der Waals surface area contributed by atoms with Crippen LogP contribution in [0.15, 0.2) is 0 Å². The van der Waals surface area contributed by atoms with Crippen LogP contribution in [0.2, 0.25) is 0 Å².